The number of phenols is 1. The molecule has 21 heavy (non-hydrogen) atoms. The number of hydrogen-bond donors (Lipinski definition) is 2. The lowest BCUT2D eigenvalue weighted by Crippen LogP contribution is -2.39. The molecule has 1 aliphatic heterocycles. The van der Waals surface area contributed by atoms with Crippen molar-refractivity contribution in [2.45, 2.75) is 18.8 Å². The molecule has 0 radical (unpaired) electrons. The summed E-state index contributed by atoms with van der Waals surface area (Å²) >= 11 is 5.80. The van der Waals surface area contributed by atoms with Gasteiger partial charge in [-0.2, -0.15) is 0 Å². The van der Waals surface area contributed by atoms with Gasteiger partial charge in [0.05, 0.1) is 5.56 Å². The molecule has 3 rings (SSSR count). The van der Waals surface area contributed by atoms with Crippen LogP contribution in [0.2, 0.25) is 5.02 Å². The number of likely N-dealkylation sites (tertiary alicyclic amines) is 1. The highest BCUT2D eigenvalue weighted by atomic mass is 35.5. The molecular formula is C15H16ClN3O2. The van der Waals surface area contributed by atoms with Crippen molar-refractivity contribution < 1.29 is 9.90 Å². The SMILES string of the molecule is O=C(c1ccc(Cl)cc1O)N1CCC[C@H](c2ncc[nH]2)C1. The van der Waals surface area contributed by atoms with Gasteiger partial charge in [0.2, 0.25) is 0 Å². The first-order chi connectivity index (χ1) is 10.1. The summed E-state index contributed by atoms with van der Waals surface area (Å²) in [7, 11) is 0. The maximum Gasteiger partial charge on any atom is 0.257 e. The number of nitrogens with one attached hydrogen (secondary N) is 1. The van der Waals surface area contributed by atoms with Crippen molar-refractivity contribution in [1.82, 2.24) is 14.9 Å². The fourth-order valence-corrected chi connectivity index (χ4v) is 2.91. The summed E-state index contributed by atoms with van der Waals surface area (Å²) in [4.78, 5) is 21.7. The highest BCUT2D eigenvalue weighted by molar-refractivity contribution is 6.30. The predicted molar refractivity (Wildman–Crippen MR) is 79.6 cm³/mol. The number of nitrogens with zero attached hydrogens (tertiary/aromatic N) is 2. The zero-order chi connectivity index (χ0) is 14.8. The minimum Gasteiger partial charge on any atom is -0.507 e. The van der Waals surface area contributed by atoms with Crippen LogP contribution < -0.4 is 0 Å². The quantitative estimate of drug-likeness (QED) is 0.896. The second-order valence-electron chi connectivity index (χ2n) is 5.23. The van der Waals surface area contributed by atoms with E-state index in [1.807, 2.05) is 0 Å². The molecule has 110 valence electrons. The molecule has 2 heterocycles. The van der Waals surface area contributed by atoms with Crippen molar-refractivity contribution in [2.75, 3.05) is 13.1 Å². The fraction of sp³-hybridized carbons (Fsp3) is 0.333. The largest absolute Gasteiger partial charge is 0.507 e. The van der Waals surface area contributed by atoms with Gasteiger partial charge in [0.15, 0.2) is 0 Å². The molecular weight excluding hydrogens is 290 g/mol. The number of aromatic hydroxyl groups is 1. The van der Waals surface area contributed by atoms with Crippen LogP contribution in [0.5, 0.6) is 5.75 Å². The predicted octanol–water partition coefficient (Wildman–Crippen LogP) is 2.79. The van der Waals surface area contributed by atoms with Crippen molar-refractivity contribution >= 4 is 17.5 Å². The highest BCUT2D eigenvalue weighted by Gasteiger charge is 2.27. The van der Waals surface area contributed by atoms with Crippen molar-refractivity contribution in [3.8, 4) is 5.75 Å². The number of aromatic amines is 1. The van der Waals surface area contributed by atoms with Gasteiger partial charge in [-0.1, -0.05) is 11.6 Å². The number of amides is 1. The van der Waals surface area contributed by atoms with E-state index in [1.165, 1.54) is 6.07 Å². The van der Waals surface area contributed by atoms with Gasteiger partial charge in [0, 0.05) is 36.4 Å². The molecule has 0 saturated carbocycles. The highest BCUT2D eigenvalue weighted by Crippen LogP contribution is 2.28. The Morgan fingerprint density at radius 1 is 1.48 bits per heavy atom. The second kappa shape index (κ2) is 5.77. The van der Waals surface area contributed by atoms with Gasteiger partial charge in [-0.05, 0) is 31.0 Å². The Kier molecular flexibility index (Phi) is 3.84. The molecule has 0 aliphatic carbocycles. The summed E-state index contributed by atoms with van der Waals surface area (Å²) in [5.41, 5.74) is 0.291. The Bertz CT molecular complexity index is 642. The van der Waals surface area contributed by atoms with Gasteiger partial charge in [0.1, 0.15) is 11.6 Å². The van der Waals surface area contributed by atoms with Gasteiger partial charge < -0.3 is 15.0 Å². The first-order valence-electron chi connectivity index (χ1n) is 6.92. The smallest absolute Gasteiger partial charge is 0.257 e. The summed E-state index contributed by atoms with van der Waals surface area (Å²) in [6.45, 7) is 1.30. The number of halogens is 1. The lowest BCUT2D eigenvalue weighted by Gasteiger charge is -2.32. The van der Waals surface area contributed by atoms with E-state index < -0.39 is 0 Å². The van der Waals surface area contributed by atoms with Crippen LogP contribution in [-0.2, 0) is 0 Å². The molecule has 2 N–H and O–H groups in total. The number of benzene rings is 1. The van der Waals surface area contributed by atoms with Gasteiger partial charge >= 0.3 is 0 Å². The number of phenolic OH excluding ortho intramolecular Hbond substituents is 1. The van der Waals surface area contributed by atoms with Crippen molar-refractivity contribution in [2.24, 2.45) is 0 Å². The van der Waals surface area contributed by atoms with E-state index >= 15 is 0 Å². The fourth-order valence-electron chi connectivity index (χ4n) is 2.74. The molecule has 6 heteroatoms. The molecule has 2 aromatic rings. The van der Waals surface area contributed by atoms with Crippen LogP contribution in [0.4, 0.5) is 0 Å². The van der Waals surface area contributed by atoms with Crippen LogP contribution in [0.15, 0.2) is 30.6 Å². The molecule has 0 unspecified atom stereocenters. The van der Waals surface area contributed by atoms with Crippen LogP contribution in [0.25, 0.3) is 0 Å². The molecule has 1 aromatic heterocycles. The number of rotatable bonds is 2. The molecule has 1 aromatic carbocycles. The summed E-state index contributed by atoms with van der Waals surface area (Å²) in [5, 5.41) is 10.3. The van der Waals surface area contributed by atoms with Crippen LogP contribution in [-0.4, -0.2) is 39.0 Å². The topological polar surface area (TPSA) is 69.2 Å². The number of carbonyl (C=O) groups excluding carboxylic acids is 1. The van der Waals surface area contributed by atoms with Crippen molar-refractivity contribution in [1.29, 1.82) is 0 Å². The molecule has 1 amide bonds. The number of carbonyl (C=O) groups is 1. The summed E-state index contributed by atoms with van der Waals surface area (Å²) < 4.78 is 0. The van der Waals surface area contributed by atoms with Crippen LogP contribution >= 0.6 is 11.6 Å². The number of aromatic nitrogens is 2. The maximum absolute atomic E-state index is 12.5. The standard InChI is InChI=1S/C15H16ClN3O2/c16-11-3-4-12(13(20)8-11)15(21)19-7-1-2-10(9-19)14-17-5-6-18-14/h3-6,8,10,20H,1-2,7,9H2,(H,17,18)/t10-/m0/s1. The maximum atomic E-state index is 12.5. The zero-order valence-corrected chi connectivity index (χ0v) is 12.2. The minimum atomic E-state index is -0.166. The van der Waals surface area contributed by atoms with E-state index in [-0.39, 0.29) is 17.6 Å². The third-order valence-corrected chi connectivity index (χ3v) is 4.04. The second-order valence-corrected chi connectivity index (χ2v) is 5.66. The van der Waals surface area contributed by atoms with Crippen molar-refractivity contribution in [3.63, 3.8) is 0 Å². The Balaban J connectivity index is 1.78. The molecule has 0 bridgehead atoms. The average molecular weight is 306 g/mol. The summed E-state index contributed by atoms with van der Waals surface area (Å²) in [6, 6.07) is 4.57. The third-order valence-electron chi connectivity index (χ3n) is 3.80. The Hall–Kier alpha value is -2.01. The summed E-state index contributed by atoms with van der Waals surface area (Å²) in [6.07, 6.45) is 5.44. The Morgan fingerprint density at radius 3 is 3.05 bits per heavy atom. The molecule has 0 spiro atoms. The van der Waals surface area contributed by atoms with Crippen LogP contribution in [0.3, 0.4) is 0 Å². The molecule has 1 fully saturated rings. The molecule has 5 nitrogen and oxygen atoms in total. The van der Waals surface area contributed by atoms with Crippen LogP contribution in [0, 0.1) is 0 Å². The van der Waals surface area contributed by atoms with Crippen LogP contribution in [0.1, 0.15) is 34.9 Å². The van der Waals surface area contributed by atoms with Crippen molar-refractivity contribution in [3.05, 3.63) is 47.0 Å². The Morgan fingerprint density at radius 2 is 2.33 bits per heavy atom. The van der Waals surface area contributed by atoms with Gasteiger partial charge in [0.25, 0.3) is 5.91 Å². The molecule has 1 saturated heterocycles. The van der Waals surface area contributed by atoms with E-state index in [9.17, 15) is 9.90 Å². The van der Waals surface area contributed by atoms with Gasteiger partial charge in [-0.15, -0.1) is 0 Å². The minimum absolute atomic E-state index is 0.0763. The summed E-state index contributed by atoms with van der Waals surface area (Å²) in [5.74, 6) is 0.882. The zero-order valence-electron chi connectivity index (χ0n) is 11.4. The normalized spacial score (nSPS) is 18.7. The lowest BCUT2D eigenvalue weighted by atomic mass is 9.96. The van der Waals surface area contributed by atoms with E-state index in [0.29, 0.717) is 23.7 Å². The number of hydrogen-bond acceptors (Lipinski definition) is 3. The third kappa shape index (κ3) is 2.88. The number of piperidine rings is 1. The average Bonchev–Trinajstić information content (AvgIpc) is 3.01. The first kappa shape index (κ1) is 13.9. The number of H-pyrrole nitrogens is 1. The Labute approximate surface area is 127 Å². The monoisotopic (exact) mass is 305 g/mol. The van der Waals surface area contributed by atoms with E-state index in [1.54, 1.807) is 29.4 Å². The number of imidazole rings is 1. The lowest BCUT2D eigenvalue weighted by molar-refractivity contribution is 0.0702. The molecule has 1 atom stereocenters. The van der Waals surface area contributed by atoms with E-state index in [2.05, 4.69) is 9.97 Å². The van der Waals surface area contributed by atoms with Gasteiger partial charge in [-0.3, -0.25) is 4.79 Å². The van der Waals surface area contributed by atoms with E-state index in [4.69, 9.17) is 11.6 Å². The van der Waals surface area contributed by atoms with E-state index in [0.717, 1.165) is 18.7 Å². The molecule has 1 aliphatic rings. The van der Waals surface area contributed by atoms with Gasteiger partial charge in [-0.25, -0.2) is 4.98 Å². The first-order valence-corrected chi connectivity index (χ1v) is 7.30.